The fraction of sp³-hybridized carbons (Fsp3) is 0.200. The Balaban J connectivity index is 1.75. The van der Waals surface area contributed by atoms with Crippen molar-refractivity contribution in [3.63, 3.8) is 0 Å². The average molecular weight is 443 g/mol. The van der Waals surface area contributed by atoms with E-state index in [2.05, 4.69) is 5.32 Å². The van der Waals surface area contributed by atoms with Gasteiger partial charge in [-0.3, -0.25) is 23.5 Å². The number of ether oxygens (including phenoxy) is 1. The number of aromatic nitrogens is 2. The van der Waals surface area contributed by atoms with Crippen LogP contribution in [0.3, 0.4) is 0 Å². The Kier molecular flexibility index (Phi) is 4.67. The van der Waals surface area contributed by atoms with Crippen LogP contribution in [0.2, 0.25) is 0 Å². The third kappa shape index (κ3) is 2.98. The highest BCUT2D eigenvalue weighted by Gasteiger charge is 2.42. The molecule has 8 heteroatoms. The molecule has 1 aliphatic carbocycles. The summed E-state index contributed by atoms with van der Waals surface area (Å²) in [6, 6.07) is 14.0. The van der Waals surface area contributed by atoms with Gasteiger partial charge >= 0.3 is 11.7 Å². The number of hydrogen-bond acceptors (Lipinski definition) is 6. The van der Waals surface area contributed by atoms with E-state index < -0.39 is 17.2 Å². The molecule has 1 atom stereocenters. The van der Waals surface area contributed by atoms with Gasteiger partial charge in [0.1, 0.15) is 11.6 Å². The lowest BCUT2D eigenvalue weighted by Gasteiger charge is -2.29. The van der Waals surface area contributed by atoms with E-state index in [1.165, 1.54) is 11.6 Å². The first-order chi connectivity index (χ1) is 15.8. The quantitative estimate of drug-likeness (QED) is 0.493. The van der Waals surface area contributed by atoms with Crippen LogP contribution >= 0.6 is 0 Å². The van der Waals surface area contributed by atoms with Crippen molar-refractivity contribution in [2.75, 3.05) is 5.32 Å². The van der Waals surface area contributed by atoms with Crippen molar-refractivity contribution in [2.24, 2.45) is 14.1 Å². The molecule has 0 saturated carbocycles. The van der Waals surface area contributed by atoms with Gasteiger partial charge in [0.15, 0.2) is 5.78 Å². The van der Waals surface area contributed by atoms with Crippen LogP contribution in [0.4, 0.5) is 5.82 Å². The summed E-state index contributed by atoms with van der Waals surface area (Å²) in [6.45, 7) is 1.71. The van der Waals surface area contributed by atoms with Crippen LogP contribution in [0.15, 0.2) is 63.7 Å². The second-order valence-corrected chi connectivity index (χ2v) is 8.09. The van der Waals surface area contributed by atoms with Gasteiger partial charge in [0.05, 0.1) is 11.3 Å². The maximum atomic E-state index is 13.5. The smallest absolute Gasteiger partial charge is 0.332 e. The van der Waals surface area contributed by atoms with E-state index in [0.29, 0.717) is 39.5 Å². The lowest BCUT2D eigenvalue weighted by molar-refractivity contribution is -0.134. The number of Topliss-reactive ketones (excluding diaryl/α,β-unsaturated/α-hetero) is 1. The van der Waals surface area contributed by atoms with Crippen LogP contribution in [-0.4, -0.2) is 20.9 Å². The summed E-state index contributed by atoms with van der Waals surface area (Å²) >= 11 is 0. The van der Waals surface area contributed by atoms with Crippen LogP contribution in [-0.2, 0) is 18.9 Å². The first-order valence-corrected chi connectivity index (χ1v) is 10.6. The van der Waals surface area contributed by atoms with Crippen molar-refractivity contribution in [2.45, 2.75) is 19.3 Å². The predicted octanol–water partition coefficient (Wildman–Crippen LogP) is 2.56. The minimum absolute atomic E-state index is 0.166. The Morgan fingerprint density at radius 2 is 1.64 bits per heavy atom. The number of benzene rings is 2. The molecule has 0 fully saturated rings. The van der Waals surface area contributed by atoms with Gasteiger partial charge in [0, 0.05) is 43.1 Å². The van der Waals surface area contributed by atoms with Crippen molar-refractivity contribution in [1.82, 2.24) is 9.13 Å². The Hall–Kier alpha value is -4.20. The summed E-state index contributed by atoms with van der Waals surface area (Å²) in [6.07, 6.45) is 0.247. The number of nitrogens with one attached hydrogen (secondary N) is 1. The van der Waals surface area contributed by atoms with Gasteiger partial charge < -0.3 is 10.1 Å². The normalized spacial score (nSPS) is 16.1. The summed E-state index contributed by atoms with van der Waals surface area (Å²) < 4.78 is 7.70. The Morgan fingerprint density at radius 3 is 2.30 bits per heavy atom. The molecule has 0 bridgehead atoms. The van der Waals surface area contributed by atoms with E-state index in [1.54, 1.807) is 50.4 Å². The number of fused-ring (bicyclic) bond motifs is 3. The maximum Gasteiger partial charge on any atom is 0.332 e. The van der Waals surface area contributed by atoms with Crippen molar-refractivity contribution in [3.8, 4) is 5.75 Å². The predicted molar refractivity (Wildman–Crippen MR) is 122 cm³/mol. The number of carbonyl (C=O) groups excluding carboxylic acids is 2. The van der Waals surface area contributed by atoms with Crippen LogP contribution in [0.25, 0.3) is 5.70 Å². The van der Waals surface area contributed by atoms with Gasteiger partial charge in [-0.1, -0.05) is 43.3 Å². The summed E-state index contributed by atoms with van der Waals surface area (Å²) in [5.74, 6) is -0.481. The topological polar surface area (TPSA) is 99.4 Å². The first-order valence-electron chi connectivity index (χ1n) is 10.6. The third-order valence-electron chi connectivity index (χ3n) is 6.21. The zero-order valence-corrected chi connectivity index (χ0v) is 18.3. The average Bonchev–Trinajstić information content (AvgIpc) is 3.12. The fourth-order valence-electron chi connectivity index (χ4n) is 4.52. The summed E-state index contributed by atoms with van der Waals surface area (Å²) in [4.78, 5) is 51.1. The number of esters is 1. The summed E-state index contributed by atoms with van der Waals surface area (Å²) in [5.41, 5.74) is 2.39. The molecule has 2 aromatic carbocycles. The van der Waals surface area contributed by atoms with E-state index in [0.717, 1.165) is 10.1 Å². The minimum Gasteiger partial charge on any atom is -0.427 e. The van der Waals surface area contributed by atoms with Gasteiger partial charge in [0.25, 0.3) is 5.56 Å². The zero-order chi connectivity index (χ0) is 23.4. The molecule has 33 heavy (non-hydrogen) atoms. The molecule has 0 saturated heterocycles. The lowest BCUT2D eigenvalue weighted by Crippen LogP contribution is -2.42. The number of ketones is 1. The van der Waals surface area contributed by atoms with Gasteiger partial charge in [-0.2, -0.15) is 0 Å². The number of anilines is 1. The number of hydrogen-bond donors (Lipinski definition) is 1. The van der Waals surface area contributed by atoms with Gasteiger partial charge in [0.2, 0.25) is 0 Å². The number of allylic oxidation sites excluding steroid dienone is 1. The number of carbonyl (C=O) groups is 2. The molecule has 0 unspecified atom stereocenters. The zero-order valence-electron chi connectivity index (χ0n) is 18.3. The summed E-state index contributed by atoms with van der Waals surface area (Å²) in [5, 5.41) is 3.21. The maximum absolute atomic E-state index is 13.5. The highest BCUT2D eigenvalue weighted by atomic mass is 16.5. The SMILES string of the molecule is CCC(=O)Oc1ccc([C@@H]2C3=C(Nc4c2c(=O)n(C)c(=O)n4C)c2ccccc2C3=O)cc1. The van der Waals surface area contributed by atoms with Crippen molar-refractivity contribution in [3.05, 3.63) is 97.2 Å². The molecule has 0 amide bonds. The fourth-order valence-corrected chi connectivity index (χ4v) is 4.52. The van der Waals surface area contributed by atoms with Crippen LogP contribution in [0, 0.1) is 0 Å². The molecule has 8 nitrogen and oxygen atoms in total. The standard InChI is InChI=1S/C25H21N3O5/c1-4-17(29)33-14-11-9-13(10-12-14)18-19-21(15-7-5-6-8-16(15)22(19)30)26-23-20(18)24(31)28(3)25(32)27(23)2/h5-12,18,26H,4H2,1-3H3/t18-/m1/s1. The molecular formula is C25H21N3O5. The molecular weight excluding hydrogens is 422 g/mol. The van der Waals surface area contributed by atoms with Gasteiger partial charge in [-0.05, 0) is 17.7 Å². The van der Waals surface area contributed by atoms with Crippen molar-refractivity contribution in [1.29, 1.82) is 0 Å². The number of nitrogens with zero attached hydrogens (tertiary/aromatic N) is 2. The Bertz CT molecular complexity index is 1490. The second-order valence-electron chi connectivity index (χ2n) is 8.09. The third-order valence-corrected chi connectivity index (χ3v) is 6.21. The van der Waals surface area contributed by atoms with Crippen molar-refractivity contribution >= 4 is 23.3 Å². The van der Waals surface area contributed by atoms with E-state index in [-0.39, 0.29) is 18.2 Å². The molecule has 1 N–H and O–H groups in total. The largest absolute Gasteiger partial charge is 0.427 e. The first kappa shape index (κ1) is 20.7. The van der Waals surface area contributed by atoms with Crippen LogP contribution in [0.5, 0.6) is 5.75 Å². The second kappa shape index (κ2) is 7.44. The Morgan fingerprint density at radius 1 is 0.970 bits per heavy atom. The molecule has 5 rings (SSSR count). The molecule has 2 heterocycles. The van der Waals surface area contributed by atoms with E-state index in [4.69, 9.17) is 4.74 Å². The lowest BCUT2D eigenvalue weighted by atomic mass is 9.81. The van der Waals surface area contributed by atoms with Crippen LogP contribution < -0.4 is 21.3 Å². The molecule has 166 valence electrons. The highest BCUT2D eigenvalue weighted by molar-refractivity contribution is 6.23. The van der Waals surface area contributed by atoms with E-state index in [1.807, 2.05) is 12.1 Å². The van der Waals surface area contributed by atoms with E-state index >= 15 is 0 Å². The monoisotopic (exact) mass is 443 g/mol. The Labute approximate surface area is 188 Å². The molecule has 3 aromatic rings. The van der Waals surface area contributed by atoms with Crippen molar-refractivity contribution < 1.29 is 14.3 Å². The molecule has 0 radical (unpaired) electrons. The molecule has 1 aliphatic heterocycles. The molecule has 1 aromatic heterocycles. The number of rotatable bonds is 3. The highest BCUT2D eigenvalue weighted by Crippen LogP contribution is 2.47. The van der Waals surface area contributed by atoms with Gasteiger partial charge in [-0.25, -0.2) is 4.79 Å². The summed E-state index contributed by atoms with van der Waals surface area (Å²) in [7, 11) is 3.01. The van der Waals surface area contributed by atoms with E-state index in [9.17, 15) is 19.2 Å². The minimum atomic E-state index is -0.697. The van der Waals surface area contributed by atoms with Crippen LogP contribution in [0.1, 0.15) is 46.3 Å². The van der Waals surface area contributed by atoms with Gasteiger partial charge in [-0.15, -0.1) is 0 Å². The molecule has 2 aliphatic rings. The molecule has 0 spiro atoms.